The van der Waals surface area contributed by atoms with E-state index in [0.717, 1.165) is 6.07 Å². The first-order chi connectivity index (χ1) is 13.7. The summed E-state index contributed by atoms with van der Waals surface area (Å²) >= 11 is 0. The molecule has 0 unspecified atom stereocenters. The number of aliphatic hydroxyl groups is 1. The maximum Gasteiger partial charge on any atom is 0.335 e. The molecule has 0 aliphatic rings. The molecule has 3 N–H and O–H groups in total. The molecule has 1 aromatic carbocycles. The number of aliphatic hydroxyl groups excluding tert-OH is 1. The van der Waals surface area contributed by atoms with Crippen LogP contribution in [0.4, 0.5) is 15.1 Å². The van der Waals surface area contributed by atoms with E-state index in [1.807, 2.05) is 0 Å². The number of methoxy groups -OCH3 is 2. The second-order valence-electron chi connectivity index (χ2n) is 5.74. The fourth-order valence-corrected chi connectivity index (χ4v) is 3.52. The molecule has 2 rings (SSSR count). The number of carbonyl (C=O) groups is 1. The fraction of sp³-hybridized carbons (Fsp3) is 0.353. The predicted octanol–water partition coefficient (Wildman–Crippen LogP) is 1.79. The third kappa shape index (κ3) is 5.51. The summed E-state index contributed by atoms with van der Waals surface area (Å²) in [5.41, 5.74) is -0.165. The number of hydrogen-bond donors (Lipinski definition) is 3. The minimum absolute atomic E-state index is 0.0154. The number of anilines is 1. The zero-order valence-electron chi connectivity index (χ0n) is 15.9. The largest absolute Gasteiger partial charge is 0.481 e. The van der Waals surface area contributed by atoms with Gasteiger partial charge in [0.2, 0.25) is 17.7 Å². The van der Waals surface area contributed by atoms with Crippen molar-refractivity contribution in [3.8, 4) is 11.8 Å². The van der Waals surface area contributed by atoms with Gasteiger partial charge in [0.05, 0.1) is 25.2 Å². The summed E-state index contributed by atoms with van der Waals surface area (Å²) in [6.07, 6.45) is -3.35. The number of sulfonamides is 1. The van der Waals surface area contributed by atoms with Crippen molar-refractivity contribution in [2.75, 3.05) is 19.5 Å². The van der Waals surface area contributed by atoms with Crippen LogP contribution in [0.1, 0.15) is 25.0 Å². The third-order valence-electron chi connectivity index (χ3n) is 3.81. The molecule has 0 aliphatic heterocycles. The number of nitrogens with zero attached hydrogens (tertiary/aromatic N) is 2. The van der Waals surface area contributed by atoms with Gasteiger partial charge in [0, 0.05) is 5.56 Å². The van der Waals surface area contributed by atoms with Crippen molar-refractivity contribution in [1.82, 2.24) is 14.7 Å². The SMILES string of the molecule is CC[C@H](F)[C@@H](O)c1ccccc1S(=O)(=O)NC(=O)Nc1nc(OC)cc(OC)n1. The number of hydrogen-bond acceptors (Lipinski definition) is 8. The molecule has 29 heavy (non-hydrogen) atoms. The van der Waals surface area contributed by atoms with Crippen LogP contribution in [0, 0.1) is 0 Å². The molecule has 0 spiro atoms. The van der Waals surface area contributed by atoms with Crippen molar-refractivity contribution in [2.45, 2.75) is 30.5 Å². The molecule has 158 valence electrons. The standard InChI is InChI=1S/C17H21FN4O6S/c1-4-11(18)15(23)10-7-5-6-8-12(10)29(25,26)22-17(24)21-16-19-13(27-2)9-14(20-16)28-3/h5-9,11,15,23H,4H2,1-3H3,(H2,19,20,21,22,24)/t11-,15-/m0/s1. The first kappa shape index (κ1) is 22.3. The van der Waals surface area contributed by atoms with Crippen LogP contribution < -0.4 is 19.5 Å². The molecule has 1 heterocycles. The van der Waals surface area contributed by atoms with Gasteiger partial charge in [-0.2, -0.15) is 9.97 Å². The molecule has 0 saturated carbocycles. The lowest BCUT2D eigenvalue weighted by Gasteiger charge is -2.18. The summed E-state index contributed by atoms with van der Waals surface area (Å²) < 4.78 is 50.8. The number of nitrogens with one attached hydrogen (secondary N) is 2. The summed E-state index contributed by atoms with van der Waals surface area (Å²) in [7, 11) is -1.76. The van der Waals surface area contributed by atoms with E-state index in [1.54, 1.807) is 4.72 Å². The molecule has 2 aromatic rings. The zero-order chi connectivity index (χ0) is 21.6. The van der Waals surface area contributed by atoms with Gasteiger partial charge < -0.3 is 14.6 Å². The highest BCUT2D eigenvalue weighted by molar-refractivity contribution is 7.90. The molecule has 2 amide bonds. The maximum atomic E-state index is 13.9. The van der Waals surface area contributed by atoms with Crippen LogP contribution in [0.15, 0.2) is 35.2 Å². The number of urea groups is 1. The second kappa shape index (κ2) is 9.47. The summed E-state index contributed by atoms with van der Waals surface area (Å²) in [5.74, 6) is -0.105. The van der Waals surface area contributed by atoms with E-state index in [4.69, 9.17) is 9.47 Å². The Morgan fingerprint density at radius 3 is 2.34 bits per heavy atom. The highest BCUT2D eigenvalue weighted by atomic mass is 32.2. The van der Waals surface area contributed by atoms with Gasteiger partial charge in [-0.3, -0.25) is 5.32 Å². The number of alkyl halides is 1. The summed E-state index contributed by atoms with van der Waals surface area (Å²) in [4.78, 5) is 19.5. The molecule has 0 fully saturated rings. The van der Waals surface area contributed by atoms with Gasteiger partial charge in [-0.1, -0.05) is 25.1 Å². The Hall–Kier alpha value is -2.99. The van der Waals surface area contributed by atoms with Crippen LogP contribution in [0.25, 0.3) is 0 Å². The van der Waals surface area contributed by atoms with E-state index >= 15 is 0 Å². The van der Waals surface area contributed by atoms with Crippen LogP contribution in [0.5, 0.6) is 11.8 Å². The Morgan fingerprint density at radius 2 is 1.79 bits per heavy atom. The smallest absolute Gasteiger partial charge is 0.335 e. The van der Waals surface area contributed by atoms with Crippen molar-refractivity contribution in [1.29, 1.82) is 0 Å². The molecule has 1 aromatic heterocycles. The first-order valence-corrected chi connectivity index (χ1v) is 9.92. The Morgan fingerprint density at radius 1 is 1.21 bits per heavy atom. The van der Waals surface area contributed by atoms with E-state index < -0.39 is 33.2 Å². The molecule has 0 aliphatic carbocycles. The quantitative estimate of drug-likeness (QED) is 0.578. The average Bonchev–Trinajstić information content (AvgIpc) is 2.71. The van der Waals surface area contributed by atoms with Crippen molar-refractivity contribution >= 4 is 22.0 Å². The summed E-state index contributed by atoms with van der Waals surface area (Å²) in [6, 6.07) is 5.46. The first-order valence-electron chi connectivity index (χ1n) is 8.43. The molecule has 12 heteroatoms. The van der Waals surface area contributed by atoms with Crippen LogP contribution >= 0.6 is 0 Å². The Balaban J connectivity index is 2.25. The van der Waals surface area contributed by atoms with Crippen LogP contribution in [0.3, 0.4) is 0 Å². The van der Waals surface area contributed by atoms with Crippen molar-refractivity contribution in [3.63, 3.8) is 0 Å². The number of benzene rings is 1. The lowest BCUT2D eigenvalue weighted by Crippen LogP contribution is -2.35. The highest BCUT2D eigenvalue weighted by Crippen LogP contribution is 2.27. The van der Waals surface area contributed by atoms with E-state index in [9.17, 15) is 22.7 Å². The second-order valence-corrected chi connectivity index (χ2v) is 7.39. The number of carbonyl (C=O) groups excluding carboxylic acids is 1. The van der Waals surface area contributed by atoms with Crippen LogP contribution in [0.2, 0.25) is 0 Å². The van der Waals surface area contributed by atoms with Gasteiger partial charge in [0.1, 0.15) is 12.3 Å². The third-order valence-corrected chi connectivity index (χ3v) is 5.21. The van der Waals surface area contributed by atoms with Gasteiger partial charge in [0.25, 0.3) is 10.0 Å². The van der Waals surface area contributed by atoms with Gasteiger partial charge in [-0.05, 0) is 12.5 Å². The molecule has 0 bridgehead atoms. The lowest BCUT2D eigenvalue weighted by molar-refractivity contribution is 0.0732. The number of rotatable bonds is 8. The van der Waals surface area contributed by atoms with Gasteiger partial charge in [-0.15, -0.1) is 0 Å². The van der Waals surface area contributed by atoms with Gasteiger partial charge >= 0.3 is 6.03 Å². The molecular formula is C17H21FN4O6S. The normalized spacial score (nSPS) is 13.3. The van der Waals surface area contributed by atoms with E-state index in [0.29, 0.717) is 0 Å². The lowest BCUT2D eigenvalue weighted by atomic mass is 10.0. The summed E-state index contributed by atoms with van der Waals surface area (Å²) in [6.45, 7) is 1.51. The van der Waals surface area contributed by atoms with Crippen LogP contribution in [-0.2, 0) is 10.0 Å². The topological polar surface area (TPSA) is 140 Å². The summed E-state index contributed by atoms with van der Waals surface area (Å²) in [5, 5.41) is 12.3. The van der Waals surface area contributed by atoms with Gasteiger partial charge in [0.15, 0.2) is 0 Å². The van der Waals surface area contributed by atoms with Crippen molar-refractivity contribution in [3.05, 3.63) is 35.9 Å². The molecule has 2 atom stereocenters. The zero-order valence-corrected chi connectivity index (χ0v) is 16.7. The number of halogens is 1. The minimum atomic E-state index is -4.44. The number of amides is 2. The molecule has 0 saturated heterocycles. The molecule has 10 nitrogen and oxygen atoms in total. The van der Waals surface area contributed by atoms with Gasteiger partial charge in [-0.25, -0.2) is 22.3 Å². The Kier molecular flexibility index (Phi) is 7.29. The predicted molar refractivity (Wildman–Crippen MR) is 101 cm³/mol. The minimum Gasteiger partial charge on any atom is -0.481 e. The van der Waals surface area contributed by atoms with E-state index in [2.05, 4.69) is 15.3 Å². The molecule has 0 radical (unpaired) electrons. The van der Waals surface area contributed by atoms with E-state index in [-0.39, 0.29) is 29.7 Å². The van der Waals surface area contributed by atoms with E-state index in [1.165, 1.54) is 45.4 Å². The van der Waals surface area contributed by atoms with Crippen LogP contribution in [-0.4, -0.2) is 49.9 Å². The Labute approximate surface area is 167 Å². The maximum absolute atomic E-state index is 13.9. The monoisotopic (exact) mass is 428 g/mol. The van der Waals surface area contributed by atoms with Crippen molar-refractivity contribution in [2.24, 2.45) is 0 Å². The number of ether oxygens (including phenoxy) is 2. The average molecular weight is 428 g/mol. The Bertz CT molecular complexity index is 950. The molecular weight excluding hydrogens is 407 g/mol. The highest BCUT2D eigenvalue weighted by Gasteiger charge is 2.28. The number of aromatic nitrogens is 2. The van der Waals surface area contributed by atoms with Crippen molar-refractivity contribution < 1.29 is 32.2 Å². The fourth-order valence-electron chi connectivity index (χ4n) is 2.36.